The molecule has 3 atom stereocenters. The lowest BCUT2D eigenvalue weighted by Gasteiger charge is -2.52. The summed E-state index contributed by atoms with van der Waals surface area (Å²) in [5, 5.41) is 21.1. The molecule has 0 aromatic heterocycles. The molecule has 0 aliphatic heterocycles. The Morgan fingerprint density at radius 2 is 1.86 bits per heavy atom. The van der Waals surface area contributed by atoms with Gasteiger partial charge in [0.15, 0.2) is 0 Å². The third-order valence-electron chi connectivity index (χ3n) is 7.07. The Bertz CT molecular complexity index is 953. The van der Waals surface area contributed by atoms with Crippen molar-refractivity contribution in [1.82, 2.24) is 0 Å². The quantitative estimate of drug-likeness (QED) is 0.763. The lowest BCUT2D eigenvalue weighted by atomic mass is 9.52. The Morgan fingerprint density at radius 3 is 2.55 bits per heavy atom. The zero-order valence-electron chi connectivity index (χ0n) is 17.7. The topological polar surface area (TPSA) is 43.7 Å². The third-order valence-corrected chi connectivity index (χ3v) is 7.07. The number of rotatable bonds is 3. The summed E-state index contributed by atoms with van der Waals surface area (Å²) < 4.78 is 0. The molecule has 0 saturated heterocycles. The lowest BCUT2D eigenvalue weighted by Crippen LogP contribution is -2.50. The molecule has 0 bridgehead atoms. The fourth-order valence-corrected chi connectivity index (χ4v) is 5.62. The van der Waals surface area contributed by atoms with Gasteiger partial charge in [0.1, 0.15) is 11.4 Å². The first kappa shape index (κ1) is 19.9. The average Bonchev–Trinajstić information content (AvgIpc) is 2.69. The van der Waals surface area contributed by atoms with Crippen molar-refractivity contribution in [3.05, 3.63) is 59.2 Å². The smallest absolute Gasteiger partial charge is 0.125 e. The highest BCUT2D eigenvalue weighted by Gasteiger charge is 2.51. The minimum absolute atomic E-state index is 0.0113. The average molecular weight is 390 g/mol. The van der Waals surface area contributed by atoms with E-state index in [0.717, 1.165) is 32.1 Å². The number of aromatic hydroxyl groups is 1. The molecule has 1 saturated carbocycles. The van der Waals surface area contributed by atoms with Crippen molar-refractivity contribution in [2.45, 2.75) is 56.5 Å². The number of benzene rings is 2. The van der Waals surface area contributed by atoms with E-state index >= 15 is 0 Å². The van der Waals surface area contributed by atoms with Gasteiger partial charge in [-0.1, -0.05) is 24.1 Å². The summed E-state index contributed by atoms with van der Waals surface area (Å²) in [5.41, 5.74) is 4.27. The van der Waals surface area contributed by atoms with Crippen molar-refractivity contribution in [2.75, 3.05) is 19.0 Å². The van der Waals surface area contributed by atoms with Crippen LogP contribution in [0.2, 0.25) is 0 Å². The van der Waals surface area contributed by atoms with E-state index in [1.165, 1.54) is 22.4 Å². The van der Waals surface area contributed by atoms with E-state index in [1.54, 1.807) is 0 Å². The Kier molecular flexibility index (Phi) is 5.09. The maximum absolute atomic E-state index is 11.1. The summed E-state index contributed by atoms with van der Waals surface area (Å²) in [4.78, 5) is 2.12. The van der Waals surface area contributed by atoms with Gasteiger partial charge in [0.2, 0.25) is 0 Å². The second-order valence-electron chi connectivity index (χ2n) is 9.08. The van der Waals surface area contributed by atoms with Crippen LogP contribution in [0.4, 0.5) is 5.69 Å². The molecule has 2 aromatic rings. The van der Waals surface area contributed by atoms with Gasteiger partial charge in [-0.25, -0.2) is 0 Å². The first-order chi connectivity index (χ1) is 13.8. The van der Waals surface area contributed by atoms with Crippen molar-refractivity contribution < 1.29 is 10.2 Å². The molecule has 29 heavy (non-hydrogen) atoms. The molecular formula is C26H31NO2. The summed E-state index contributed by atoms with van der Waals surface area (Å²) >= 11 is 0. The Labute approximate surface area is 174 Å². The van der Waals surface area contributed by atoms with Crippen molar-refractivity contribution >= 4 is 5.69 Å². The highest BCUT2D eigenvalue weighted by Crippen LogP contribution is 2.54. The van der Waals surface area contributed by atoms with Crippen molar-refractivity contribution in [1.29, 1.82) is 0 Å². The van der Waals surface area contributed by atoms with E-state index < -0.39 is 5.60 Å². The molecule has 0 heterocycles. The van der Waals surface area contributed by atoms with E-state index in [2.05, 4.69) is 61.2 Å². The number of phenolic OH excluding ortho intramolecular Hbond substituents is 1. The molecule has 0 spiro atoms. The maximum Gasteiger partial charge on any atom is 0.125 e. The van der Waals surface area contributed by atoms with Gasteiger partial charge in [-0.15, -0.1) is 5.92 Å². The molecule has 3 heteroatoms. The zero-order valence-corrected chi connectivity index (χ0v) is 17.7. The lowest BCUT2D eigenvalue weighted by molar-refractivity contribution is -0.00804. The fraction of sp³-hybridized carbons (Fsp3) is 0.462. The summed E-state index contributed by atoms with van der Waals surface area (Å²) in [7, 11) is 4.12. The van der Waals surface area contributed by atoms with Gasteiger partial charge < -0.3 is 15.1 Å². The maximum atomic E-state index is 11.1. The van der Waals surface area contributed by atoms with E-state index in [4.69, 9.17) is 0 Å². The number of hydrogen-bond donors (Lipinski definition) is 2. The monoisotopic (exact) mass is 389 g/mol. The normalized spacial score (nSPS) is 27.9. The number of hydrogen-bond acceptors (Lipinski definition) is 3. The predicted octanol–water partition coefficient (Wildman–Crippen LogP) is 4.44. The summed E-state index contributed by atoms with van der Waals surface area (Å²) in [6, 6.07) is 14.7. The van der Waals surface area contributed by atoms with Gasteiger partial charge in [0, 0.05) is 25.2 Å². The number of nitrogens with zero attached hydrogens (tertiary/aromatic N) is 1. The molecular weight excluding hydrogens is 358 g/mol. The van der Waals surface area contributed by atoms with E-state index in [9.17, 15) is 10.2 Å². The molecule has 152 valence electrons. The van der Waals surface area contributed by atoms with Crippen LogP contribution in [0.1, 0.15) is 49.3 Å². The molecule has 1 fully saturated rings. The second kappa shape index (κ2) is 7.43. The molecule has 2 N–H and O–H groups in total. The van der Waals surface area contributed by atoms with Crippen molar-refractivity contribution in [2.24, 2.45) is 5.92 Å². The number of fused-ring (bicyclic) bond motifs is 3. The summed E-state index contributed by atoms with van der Waals surface area (Å²) in [5.74, 6) is 6.76. The Morgan fingerprint density at radius 1 is 1.10 bits per heavy atom. The minimum Gasteiger partial charge on any atom is -0.508 e. The highest BCUT2D eigenvalue weighted by molar-refractivity contribution is 5.48. The molecule has 2 aliphatic rings. The van der Waals surface area contributed by atoms with Crippen LogP contribution >= 0.6 is 0 Å². The Balaban J connectivity index is 1.75. The van der Waals surface area contributed by atoms with E-state index in [-0.39, 0.29) is 5.41 Å². The van der Waals surface area contributed by atoms with Gasteiger partial charge in [-0.05, 0) is 92.3 Å². The summed E-state index contributed by atoms with van der Waals surface area (Å²) in [6.45, 7) is 1.81. The van der Waals surface area contributed by atoms with Crippen LogP contribution in [0.3, 0.4) is 0 Å². The van der Waals surface area contributed by atoms with Gasteiger partial charge in [-0.2, -0.15) is 0 Å². The molecule has 1 unspecified atom stereocenters. The molecule has 4 rings (SSSR count). The third kappa shape index (κ3) is 3.63. The predicted molar refractivity (Wildman–Crippen MR) is 118 cm³/mol. The fourth-order valence-electron chi connectivity index (χ4n) is 5.62. The van der Waals surface area contributed by atoms with Gasteiger partial charge >= 0.3 is 0 Å². The van der Waals surface area contributed by atoms with Gasteiger partial charge in [-0.3, -0.25) is 0 Å². The Hall–Kier alpha value is -2.44. The molecule has 0 radical (unpaired) electrons. The number of aliphatic hydroxyl groups is 1. The first-order valence-electron chi connectivity index (χ1n) is 10.6. The van der Waals surface area contributed by atoms with Crippen molar-refractivity contribution in [3.63, 3.8) is 0 Å². The molecule has 2 aliphatic carbocycles. The van der Waals surface area contributed by atoms with Crippen LogP contribution in [0.25, 0.3) is 0 Å². The van der Waals surface area contributed by atoms with E-state index in [0.29, 0.717) is 18.1 Å². The number of anilines is 1. The summed E-state index contributed by atoms with van der Waals surface area (Å²) in [6.07, 6.45) is 5.27. The molecule has 2 aromatic carbocycles. The van der Waals surface area contributed by atoms with Crippen LogP contribution < -0.4 is 4.90 Å². The van der Waals surface area contributed by atoms with Crippen LogP contribution in [-0.2, 0) is 18.3 Å². The van der Waals surface area contributed by atoms with Gasteiger partial charge in [0.05, 0.1) is 0 Å². The highest BCUT2D eigenvalue weighted by atomic mass is 16.3. The molecule has 3 nitrogen and oxygen atoms in total. The number of phenols is 1. The van der Waals surface area contributed by atoms with Crippen LogP contribution in [0.15, 0.2) is 42.5 Å². The van der Waals surface area contributed by atoms with Crippen molar-refractivity contribution in [3.8, 4) is 17.6 Å². The second-order valence-corrected chi connectivity index (χ2v) is 9.08. The van der Waals surface area contributed by atoms with Crippen LogP contribution in [0, 0.1) is 17.8 Å². The minimum atomic E-state index is -0.869. The number of aryl methyl sites for hydroxylation is 1. The zero-order chi connectivity index (χ0) is 20.6. The first-order valence-corrected chi connectivity index (χ1v) is 10.6. The SMILES string of the molecule is CC#CC1(O)CC[C@@]2(Cc3ccc(N(C)C)cc3)c3ccc(O)cc3CC[C@@H]2C1. The van der Waals surface area contributed by atoms with Crippen LogP contribution in [0.5, 0.6) is 5.75 Å². The largest absolute Gasteiger partial charge is 0.508 e. The molecule has 0 amide bonds. The van der Waals surface area contributed by atoms with Gasteiger partial charge in [0.25, 0.3) is 0 Å². The van der Waals surface area contributed by atoms with E-state index in [1.807, 2.05) is 19.1 Å². The van der Waals surface area contributed by atoms with Crippen LogP contribution in [-0.4, -0.2) is 29.9 Å². The standard InChI is InChI=1S/C26H31NO2/c1-4-13-25(29)14-15-26(17-19-5-9-22(10-6-19)27(2)3)21(18-25)8-7-20-16-23(28)11-12-24(20)26/h5-6,9-12,16,21,28-29H,7-8,14-15,17-18H2,1-3H3/t21-,25?,26+/m1/s1.